The molecule has 1 fully saturated rings. The Morgan fingerprint density at radius 2 is 1.97 bits per heavy atom. The molecule has 6 nitrogen and oxygen atoms in total. The molecular formula is C21H20ClN3O3S. The van der Waals surface area contributed by atoms with Crippen molar-refractivity contribution >= 4 is 40.2 Å². The number of thioether (sulfide) groups is 1. The molecule has 150 valence electrons. The summed E-state index contributed by atoms with van der Waals surface area (Å²) >= 11 is 7.56. The average Bonchev–Trinajstić information content (AvgIpc) is 3.27. The molecule has 1 aliphatic rings. The van der Waals surface area contributed by atoms with Crippen molar-refractivity contribution in [1.82, 2.24) is 14.5 Å². The van der Waals surface area contributed by atoms with Gasteiger partial charge in [0.1, 0.15) is 5.75 Å². The number of carbonyl (C=O) groups is 1. The van der Waals surface area contributed by atoms with Crippen LogP contribution in [-0.4, -0.2) is 46.3 Å². The normalized spacial score (nSPS) is 13.8. The number of likely N-dealkylation sites (tertiary alicyclic amines) is 1. The van der Waals surface area contributed by atoms with E-state index in [0.717, 1.165) is 25.9 Å². The second-order valence-electron chi connectivity index (χ2n) is 6.75. The van der Waals surface area contributed by atoms with E-state index in [-0.39, 0.29) is 17.2 Å². The quantitative estimate of drug-likeness (QED) is 0.456. The first kappa shape index (κ1) is 19.8. The summed E-state index contributed by atoms with van der Waals surface area (Å²) in [5.74, 6) is 0.819. The van der Waals surface area contributed by atoms with Gasteiger partial charge in [0.25, 0.3) is 5.56 Å². The van der Waals surface area contributed by atoms with Crippen LogP contribution in [0.3, 0.4) is 0 Å². The summed E-state index contributed by atoms with van der Waals surface area (Å²) in [6, 6.07) is 12.3. The van der Waals surface area contributed by atoms with Gasteiger partial charge < -0.3 is 9.64 Å². The molecule has 0 spiro atoms. The maximum atomic E-state index is 13.3. The second-order valence-corrected chi connectivity index (χ2v) is 8.10. The number of aromatic nitrogens is 2. The van der Waals surface area contributed by atoms with E-state index in [0.29, 0.717) is 32.5 Å². The topological polar surface area (TPSA) is 64.4 Å². The molecule has 0 bridgehead atoms. The van der Waals surface area contributed by atoms with Crippen molar-refractivity contribution in [1.29, 1.82) is 0 Å². The Morgan fingerprint density at radius 3 is 2.69 bits per heavy atom. The number of benzene rings is 2. The second kappa shape index (κ2) is 8.47. The zero-order valence-corrected chi connectivity index (χ0v) is 17.5. The number of halogens is 1. The van der Waals surface area contributed by atoms with Crippen LogP contribution in [0, 0.1) is 0 Å². The minimum absolute atomic E-state index is 0.0641. The first-order valence-corrected chi connectivity index (χ1v) is 10.7. The predicted molar refractivity (Wildman–Crippen MR) is 115 cm³/mol. The molecule has 0 radical (unpaired) electrons. The van der Waals surface area contributed by atoms with E-state index in [9.17, 15) is 9.59 Å². The van der Waals surface area contributed by atoms with Crippen LogP contribution in [0.25, 0.3) is 16.6 Å². The van der Waals surface area contributed by atoms with Crippen LogP contribution >= 0.6 is 23.4 Å². The maximum absolute atomic E-state index is 13.3. The molecule has 8 heteroatoms. The Balaban J connectivity index is 1.77. The van der Waals surface area contributed by atoms with E-state index in [4.69, 9.17) is 16.3 Å². The summed E-state index contributed by atoms with van der Waals surface area (Å²) in [5.41, 5.74) is 0.979. The van der Waals surface area contributed by atoms with Gasteiger partial charge in [0.2, 0.25) is 5.91 Å². The van der Waals surface area contributed by atoms with E-state index < -0.39 is 0 Å². The number of fused-ring (bicyclic) bond motifs is 1. The lowest BCUT2D eigenvalue weighted by atomic mass is 10.2. The Bertz CT molecular complexity index is 1130. The van der Waals surface area contributed by atoms with E-state index >= 15 is 0 Å². The molecule has 0 atom stereocenters. The fourth-order valence-corrected chi connectivity index (χ4v) is 4.58. The SMILES string of the molecule is COc1ccc(-n2c(SCC(=O)N3CCCC3)nc3ccccc3c2=O)cc1Cl. The van der Waals surface area contributed by atoms with Gasteiger partial charge in [0.05, 0.1) is 34.5 Å². The molecule has 1 aliphatic heterocycles. The van der Waals surface area contributed by atoms with E-state index in [1.54, 1.807) is 36.4 Å². The number of carbonyl (C=O) groups excluding carboxylic acids is 1. The van der Waals surface area contributed by atoms with E-state index in [2.05, 4.69) is 4.98 Å². The predicted octanol–water partition coefficient (Wildman–Crippen LogP) is 3.76. The third-order valence-corrected chi connectivity index (χ3v) is 6.14. The Kier molecular flexibility index (Phi) is 5.78. The molecule has 0 aliphatic carbocycles. The number of amides is 1. The molecule has 1 saturated heterocycles. The van der Waals surface area contributed by atoms with Gasteiger partial charge in [-0.05, 0) is 43.2 Å². The lowest BCUT2D eigenvalue weighted by Gasteiger charge is -2.17. The van der Waals surface area contributed by atoms with Gasteiger partial charge in [0.15, 0.2) is 5.16 Å². The van der Waals surface area contributed by atoms with Gasteiger partial charge in [-0.3, -0.25) is 14.2 Å². The van der Waals surface area contributed by atoms with Crippen LogP contribution in [-0.2, 0) is 4.79 Å². The van der Waals surface area contributed by atoms with Crippen LogP contribution in [0.1, 0.15) is 12.8 Å². The summed E-state index contributed by atoms with van der Waals surface area (Å²) in [7, 11) is 1.54. The largest absolute Gasteiger partial charge is 0.495 e. The monoisotopic (exact) mass is 429 g/mol. The molecule has 1 aromatic heterocycles. The van der Waals surface area contributed by atoms with Gasteiger partial charge in [-0.2, -0.15) is 0 Å². The highest BCUT2D eigenvalue weighted by Crippen LogP contribution is 2.29. The van der Waals surface area contributed by atoms with Crippen LogP contribution in [0.4, 0.5) is 0 Å². The van der Waals surface area contributed by atoms with Crippen molar-refractivity contribution in [3.63, 3.8) is 0 Å². The third kappa shape index (κ3) is 3.97. The van der Waals surface area contributed by atoms with Crippen molar-refractivity contribution in [3.05, 3.63) is 57.8 Å². The van der Waals surface area contributed by atoms with Crippen molar-refractivity contribution in [2.75, 3.05) is 26.0 Å². The Morgan fingerprint density at radius 1 is 1.21 bits per heavy atom. The molecule has 2 heterocycles. The summed E-state index contributed by atoms with van der Waals surface area (Å²) < 4.78 is 6.72. The molecule has 1 amide bonds. The average molecular weight is 430 g/mol. The van der Waals surface area contributed by atoms with Gasteiger partial charge >= 0.3 is 0 Å². The van der Waals surface area contributed by atoms with E-state index in [1.807, 2.05) is 11.0 Å². The number of hydrogen-bond acceptors (Lipinski definition) is 5. The minimum atomic E-state index is -0.201. The molecule has 4 rings (SSSR count). The fourth-order valence-electron chi connectivity index (χ4n) is 3.42. The first-order chi connectivity index (χ1) is 14.1. The summed E-state index contributed by atoms with van der Waals surface area (Å²) in [4.78, 5) is 32.3. The van der Waals surface area contributed by atoms with Gasteiger partial charge in [0, 0.05) is 13.1 Å². The highest BCUT2D eigenvalue weighted by atomic mass is 35.5. The van der Waals surface area contributed by atoms with Crippen LogP contribution in [0.15, 0.2) is 52.4 Å². The van der Waals surface area contributed by atoms with E-state index in [1.165, 1.54) is 23.4 Å². The molecule has 0 saturated carbocycles. The van der Waals surface area contributed by atoms with Crippen LogP contribution in [0.5, 0.6) is 5.75 Å². The fraction of sp³-hybridized carbons (Fsp3) is 0.286. The standard InChI is InChI=1S/C21H20ClN3O3S/c1-28-18-9-8-14(12-16(18)22)25-20(27)15-6-2-3-7-17(15)23-21(25)29-13-19(26)24-10-4-5-11-24/h2-3,6-9,12H,4-5,10-11,13H2,1H3. The summed E-state index contributed by atoms with van der Waals surface area (Å²) in [5, 5.41) is 1.37. The van der Waals surface area contributed by atoms with Crippen molar-refractivity contribution in [3.8, 4) is 11.4 Å². The Labute approximate surface area is 177 Å². The van der Waals surface area contributed by atoms with Gasteiger partial charge in [-0.1, -0.05) is 35.5 Å². The van der Waals surface area contributed by atoms with Crippen molar-refractivity contribution < 1.29 is 9.53 Å². The highest BCUT2D eigenvalue weighted by Gasteiger charge is 2.20. The number of ether oxygens (including phenoxy) is 1. The van der Waals surface area contributed by atoms with Crippen LogP contribution < -0.4 is 10.3 Å². The number of hydrogen-bond donors (Lipinski definition) is 0. The zero-order chi connectivity index (χ0) is 20.4. The summed E-state index contributed by atoms with van der Waals surface area (Å²) in [6.45, 7) is 1.59. The zero-order valence-electron chi connectivity index (χ0n) is 15.9. The Hall–Kier alpha value is -2.51. The highest BCUT2D eigenvalue weighted by molar-refractivity contribution is 7.99. The van der Waals surface area contributed by atoms with Gasteiger partial charge in [-0.25, -0.2) is 4.98 Å². The maximum Gasteiger partial charge on any atom is 0.266 e. The lowest BCUT2D eigenvalue weighted by molar-refractivity contribution is -0.127. The number of nitrogens with zero attached hydrogens (tertiary/aromatic N) is 3. The van der Waals surface area contributed by atoms with Crippen molar-refractivity contribution in [2.24, 2.45) is 0 Å². The molecule has 0 N–H and O–H groups in total. The molecule has 0 unspecified atom stereocenters. The van der Waals surface area contributed by atoms with Crippen LogP contribution in [0.2, 0.25) is 5.02 Å². The summed E-state index contributed by atoms with van der Waals surface area (Å²) in [6.07, 6.45) is 2.08. The van der Waals surface area contributed by atoms with Crippen molar-refractivity contribution in [2.45, 2.75) is 18.0 Å². The lowest BCUT2D eigenvalue weighted by Crippen LogP contribution is -2.29. The number of methoxy groups -OCH3 is 1. The minimum Gasteiger partial charge on any atom is -0.495 e. The molecule has 29 heavy (non-hydrogen) atoms. The smallest absolute Gasteiger partial charge is 0.266 e. The van der Waals surface area contributed by atoms with Gasteiger partial charge in [-0.15, -0.1) is 0 Å². The molecule has 3 aromatic rings. The third-order valence-electron chi connectivity index (χ3n) is 4.92. The molecular weight excluding hydrogens is 410 g/mol. The number of para-hydroxylation sites is 1. The number of rotatable bonds is 5. The first-order valence-electron chi connectivity index (χ1n) is 9.35. The molecule has 2 aromatic carbocycles.